The van der Waals surface area contributed by atoms with E-state index in [0.717, 1.165) is 38.5 Å². The molecular weight excluding hydrogens is 506 g/mol. The van der Waals surface area contributed by atoms with Crippen LogP contribution in [0, 0.1) is 0 Å². The van der Waals surface area contributed by atoms with E-state index < -0.39 is 0 Å². The molecule has 37 heavy (non-hydrogen) atoms. The van der Waals surface area contributed by atoms with Gasteiger partial charge in [-0.1, -0.05) is 48.2 Å². The van der Waals surface area contributed by atoms with E-state index in [1.807, 2.05) is 36.4 Å². The molecule has 2 aliphatic rings. The van der Waals surface area contributed by atoms with Crippen LogP contribution in [-0.2, 0) is 9.59 Å². The number of methoxy groups -OCH3 is 1. The lowest BCUT2D eigenvalue weighted by atomic mass is 10.2. The van der Waals surface area contributed by atoms with Crippen molar-refractivity contribution in [2.24, 2.45) is 0 Å². The van der Waals surface area contributed by atoms with Crippen LogP contribution in [0.15, 0.2) is 87.5 Å². The number of hydrogen-bond donors (Lipinski definition) is 1. The van der Waals surface area contributed by atoms with Gasteiger partial charge in [0.05, 0.1) is 23.4 Å². The predicted octanol–water partition coefficient (Wildman–Crippen LogP) is 5.54. The zero-order valence-corrected chi connectivity index (χ0v) is 21.8. The Balaban J connectivity index is 1.15. The molecule has 3 amide bonds. The molecule has 3 aromatic carbocycles. The van der Waals surface area contributed by atoms with E-state index >= 15 is 0 Å². The summed E-state index contributed by atoms with van der Waals surface area (Å²) in [5.74, 6) is 0.238. The normalized spacial score (nSPS) is 15.5. The van der Waals surface area contributed by atoms with Crippen molar-refractivity contribution in [1.82, 2.24) is 10.2 Å². The third-order valence-electron chi connectivity index (χ3n) is 6.04. The minimum atomic E-state index is -0.348. The number of hydrogen-bond acceptors (Lipinski definition) is 7. The fourth-order valence-corrected chi connectivity index (χ4v) is 6.14. The molecule has 0 aromatic heterocycles. The standard InChI is InChI=1S/C28H25N3O4S2/c1-35-20-12-10-19(11-13-20)18-25-27(33)31(28(34)37-25)17-15-29-26(32)14-16-30-21-6-2-4-8-23(21)36-24-9-5-3-7-22(24)30/h2-13,18H,14-17H2,1H3,(H,29,32)/b25-18-. The summed E-state index contributed by atoms with van der Waals surface area (Å²) in [5.41, 5.74) is 2.97. The summed E-state index contributed by atoms with van der Waals surface area (Å²) in [6.07, 6.45) is 1.97. The highest BCUT2D eigenvalue weighted by Crippen LogP contribution is 2.47. The van der Waals surface area contributed by atoms with Crippen molar-refractivity contribution in [3.05, 3.63) is 83.3 Å². The molecule has 3 aromatic rings. The lowest BCUT2D eigenvalue weighted by Gasteiger charge is -2.32. The summed E-state index contributed by atoms with van der Waals surface area (Å²) in [6.45, 7) is 0.852. The number of ether oxygens (including phenoxy) is 1. The first-order chi connectivity index (χ1) is 18.0. The number of amides is 3. The predicted molar refractivity (Wildman–Crippen MR) is 147 cm³/mol. The highest BCUT2D eigenvalue weighted by atomic mass is 32.2. The zero-order valence-electron chi connectivity index (χ0n) is 20.2. The Hall–Kier alpha value is -3.69. The fraction of sp³-hybridized carbons (Fsp3) is 0.179. The van der Waals surface area contributed by atoms with Crippen molar-refractivity contribution >= 4 is 58.0 Å². The molecule has 0 saturated carbocycles. The molecular formula is C28H25N3O4S2. The molecule has 0 aliphatic carbocycles. The van der Waals surface area contributed by atoms with Crippen LogP contribution in [0.1, 0.15) is 12.0 Å². The number of carbonyl (C=O) groups excluding carboxylic acids is 3. The highest BCUT2D eigenvalue weighted by molar-refractivity contribution is 8.18. The maximum atomic E-state index is 12.8. The van der Waals surface area contributed by atoms with Crippen molar-refractivity contribution in [3.8, 4) is 5.75 Å². The maximum absolute atomic E-state index is 12.8. The van der Waals surface area contributed by atoms with Crippen molar-refractivity contribution < 1.29 is 19.1 Å². The average molecular weight is 532 g/mol. The maximum Gasteiger partial charge on any atom is 0.293 e. The lowest BCUT2D eigenvalue weighted by Crippen LogP contribution is -2.38. The molecule has 9 heteroatoms. The zero-order chi connectivity index (χ0) is 25.8. The topological polar surface area (TPSA) is 79.0 Å². The number of fused-ring (bicyclic) bond motifs is 2. The van der Waals surface area contributed by atoms with Crippen LogP contribution in [0.4, 0.5) is 16.2 Å². The quantitative estimate of drug-likeness (QED) is 0.382. The van der Waals surface area contributed by atoms with Gasteiger partial charge in [-0.05, 0) is 59.8 Å². The Morgan fingerprint density at radius 1 is 0.865 bits per heavy atom. The molecule has 1 N–H and O–H groups in total. The summed E-state index contributed by atoms with van der Waals surface area (Å²) >= 11 is 2.63. The Bertz CT molecular complexity index is 1330. The van der Waals surface area contributed by atoms with Gasteiger partial charge >= 0.3 is 0 Å². The third kappa shape index (κ3) is 5.52. The largest absolute Gasteiger partial charge is 0.497 e. The van der Waals surface area contributed by atoms with Gasteiger partial charge in [0.2, 0.25) is 5.91 Å². The van der Waals surface area contributed by atoms with Gasteiger partial charge in [0.1, 0.15) is 5.75 Å². The second kappa shape index (κ2) is 11.1. The van der Waals surface area contributed by atoms with E-state index in [-0.39, 0.29) is 36.6 Å². The van der Waals surface area contributed by atoms with Crippen LogP contribution in [0.5, 0.6) is 5.75 Å². The van der Waals surface area contributed by atoms with Crippen LogP contribution in [-0.4, -0.2) is 48.7 Å². The Kier molecular flexibility index (Phi) is 7.52. The summed E-state index contributed by atoms with van der Waals surface area (Å²) in [4.78, 5) is 43.8. The van der Waals surface area contributed by atoms with Gasteiger partial charge in [0.25, 0.3) is 11.1 Å². The smallest absolute Gasteiger partial charge is 0.293 e. The summed E-state index contributed by atoms with van der Waals surface area (Å²) < 4.78 is 5.15. The third-order valence-corrected chi connectivity index (χ3v) is 8.08. The lowest BCUT2D eigenvalue weighted by molar-refractivity contribution is -0.124. The number of nitrogens with one attached hydrogen (secondary N) is 1. The van der Waals surface area contributed by atoms with Crippen molar-refractivity contribution in [2.45, 2.75) is 16.2 Å². The Morgan fingerprint density at radius 2 is 1.51 bits per heavy atom. The van der Waals surface area contributed by atoms with Gasteiger partial charge < -0.3 is 15.0 Å². The van der Waals surface area contributed by atoms with E-state index in [2.05, 4.69) is 34.5 Å². The number of anilines is 2. The van der Waals surface area contributed by atoms with E-state index in [0.29, 0.717) is 17.2 Å². The van der Waals surface area contributed by atoms with Crippen molar-refractivity contribution in [2.75, 3.05) is 31.6 Å². The molecule has 1 saturated heterocycles. The first-order valence-electron chi connectivity index (χ1n) is 11.8. The molecule has 188 valence electrons. The molecule has 0 spiro atoms. The molecule has 0 radical (unpaired) electrons. The number of benzene rings is 3. The summed E-state index contributed by atoms with van der Waals surface area (Å²) in [7, 11) is 1.59. The average Bonchev–Trinajstić information content (AvgIpc) is 3.18. The second-order valence-corrected chi connectivity index (χ2v) is 10.5. The Morgan fingerprint density at radius 3 is 2.16 bits per heavy atom. The minimum absolute atomic E-state index is 0.127. The minimum Gasteiger partial charge on any atom is -0.497 e. The number of carbonyl (C=O) groups is 3. The molecule has 7 nitrogen and oxygen atoms in total. The molecule has 2 heterocycles. The molecule has 2 aliphatic heterocycles. The monoisotopic (exact) mass is 531 g/mol. The molecule has 0 atom stereocenters. The van der Waals surface area contributed by atoms with Gasteiger partial charge in [-0.2, -0.15) is 0 Å². The number of thioether (sulfide) groups is 1. The molecule has 5 rings (SSSR count). The molecule has 0 bridgehead atoms. The first-order valence-corrected chi connectivity index (χ1v) is 13.5. The van der Waals surface area contributed by atoms with Crippen LogP contribution in [0.3, 0.4) is 0 Å². The van der Waals surface area contributed by atoms with Gasteiger partial charge in [-0.3, -0.25) is 19.3 Å². The number of imide groups is 1. The van der Waals surface area contributed by atoms with Gasteiger partial charge in [0, 0.05) is 35.8 Å². The van der Waals surface area contributed by atoms with Crippen molar-refractivity contribution in [3.63, 3.8) is 0 Å². The van der Waals surface area contributed by atoms with Gasteiger partial charge in [-0.25, -0.2) is 0 Å². The van der Waals surface area contributed by atoms with E-state index in [9.17, 15) is 14.4 Å². The second-order valence-electron chi connectivity index (χ2n) is 8.40. The Labute approximate surface area is 223 Å². The van der Waals surface area contributed by atoms with Crippen LogP contribution >= 0.6 is 23.5 Å². The fourth-order valence-electron chi connectivity index (χ4n) is 4.18. The first kappa shape index (κ1) is 25.0. The number of rotatable bonds is 8. The van der Waals surface area contributed by atoms with Gasteiger partial charge in [-0.15, -0.1) is 0 Å². The molecule has 1 fully saturated rings. The molecule has 0 unspecified atom stereocenters. The number of nitrogens with zero attached hydrogens (tertiary/aromatic N) is 2. The van der Waals surface area contributed by atoms with Crippen LogP contribution in [0.2, 0.25) is 0 Å². The number of para-hydroxylation sites is 2. The van der Waals surface area contributed by atoms with E-state index in [1.54, 1.807) is 37.1 Å². The van der Waals surface area contributed by atoms with Crippen LogP contribution in [0.25, 0.3) is 6.08 Å². The SMILES string of the molecule is COc1ccc(/C=C2\SC(=O)N(CCNC(=O)CCN3c4ccccc4Sc4ccccc43)C2=O)cc1. The van der Waals surface area contributed by atoms with Crippen LogP contribution < -0.4 is 15.0 Å². The van der Waals surface area contributed by atoms with E-state index in [4.69, 9.17) is 4.74 Å². The van der Waals surface area contributed by atoms with Gasteiger partial charge in [0.15, 0.2) is 0 Å². The van der Waals surface area contributed by atoms with E-state index in [1.165, 1.54) is 4.90 Å². The van der Waals surface area contributed by atoms with Crippen molar-refractivity contribution in [1.29, 1.82) is 0 Å². The summed E-state index contributed by atoms with van der Waals surface area (Å²) in [5, 5.41) is 2.52. The summed E-state index contributed by atoms with van der Waals surface area (Å²) in [6, 6.07) is 23.6. The highest BCUT2D eigenvalue weighted by Gasteiger charge is 2.34.